The molecule has 0 radical (unpaired) electrons. The molecule has 2 aliphatic rings. The molecule has 2 heterocycles. The van der Waals surface area contributed by atoms with Crippen LogP contribution in [0.2, 0.25) is 0 Å². The van der Waals surface area contributed by atoms with E-state index in [1.165, 1.54) is 49.9 Å². The largest absolute Gasteiger partial charge is 0.299 e. The Morgan fingerprint density at radius 2 is 1.76 bits per heavy atom. The fourth-order valence-electron chi connectivity index (χ4n) is 4.62. The van der Waals surface area contributed by atoms with Crippen molar-refractivity contribution in [2.24, 2.45) is 5.92 Å². The highest BCUT2D eigenvalue weighted by molar-refractivity contribution is 7.89. The molecule has 1 aliphatic carbocycles. The van der Waals surface area contributed by atoms with E-state index < -0.39 is 15.8 Å². The summed E-state index contributed by atoms with van der Waals surface area (Å²) in [6.45, 7) is 2.55. The molecule has 1 unspecified atom stereocenters. The zero-order valence-corrected chi connectivity index (χ0v) is 17.4. The van der Waals surface area contributed by atoms with Gasteiger partial charge in [-0.1, -0.05) is 18.9 Å². The molecule has 2 fully saturated rings. The number of halogens is 1. The summed E-state index contributed by atoms with van der Waals surface area (Å²) >= 11 is 0. The van der Waals surface area contributed by atoms with Crippen LogP contribution in [0.25, 0.3) is 0 Å². The van der Waals surface area contributed by atoms with Gasteiger partial charge in [-0.2, -0.15) is 4.31 Å². The van der Waals surface area contributed by atoms with E-state index in [2.05, 4.69) is 9.88 Å². The molecule has 4 rings (SSSR count). The highest BCUT2D eigenvalue weighted by Crippen LogP contribution is 2.28. The van der Waals surface area contributed by atoms with Crippen molar-refractivity contribution < 1.29 is 12.8 Å². The number of nitrogens with zero attached hydrogens (tertiary/aromatic N) is 3. The number of benzene rings is 1. The quantitative estimate of drug-likeness (QED) is 0.749. The lowest BCUT2D eigenvalue weighted by atomic mass is 10.0. The van der Waals surface area contributed by atoms with E-state index in [4.69, 9.17) is 0 Å². The van der Waals surface area contributed by atoms with Crippen LogP contribution in [0.5, 0.6) is 0 Å². The Morgan fingerprint density at radius 1 is 1.00 bits per heavy atom. The Labute approximate surface area is 172 Å². The van der Waals surface area contributed by atoms with Gasteiger partial charge in [0.15, 0.2) is 0 Å². The summed E-state index contributed by atoms with van der Waals surface area (Å²) in [5.41, 5.74) is 0.991. The summed E-state index contributed by atoms with van der Waals surface area (Å²) in [6, 6.07) is 11.6. The van der Waals surface area contributed by atoms with Crippen LogP contribution in [0.4, 0.5) is 4.39 Å². The van der Waals surface area contributed by atoms with E-state index in [0.717, 1.165) is 25.2 Å². The zero-order valence-electron chi connectivity index (χ0n) is 16.6. The first-order chi connectivity index (χ1) is 14.0. The molecule has 7 heteroatoms. The van der Waals surface area contributed by atoms with Crippen molar-refractivity contribution in [3.05, 3.63) is 60.2 Å². The Bertz CT molecular complexity index is 899. The standard InChI is InChI=1S/C22H28FN3O2S/c23-19-8-10-22(11-9-19)29(27,28)26-14-13-25(21-6-1-2-7-21)16-18(17-26)15-20-5-3-4-12-24-20/h3-5,8-12,18,21H,1-2,6-7,13-17H2. The Morgan fingerprint density at radius 3 is 2.45 bits per heavy atom. The van der Waals surface area contributed by atoms with Crippen LogP contribution in [0, 0.1) is 11.7 Å². The summed E-state index contributed by atoms with van der Waals surface area (Å²) in [5, 5.41) is 0. The lowest BCUT2D eigenvalue weighted by Crippen LogP contribution is -2.38. The number of sulfonamides is 1. The second kappa shape index (κ2) is 8.90. The molecule has 0 amide bonds. The minimum absolute atomic E-state index is 0.157. The number of pyridine rings is 1. The number of hydrogen-bond acceptors (Lipinski definition) is 4. The molecule has 1 aliphatic heterocycles. The average molecular weight is 418 g/mol. The van der Waals surface area contributed by atoms with Gasteiger partial charge < -0.3 is 0 Å². The highest BCUT2D eigenvalue weighted by Gasteiger charge is 2.34. The molecule has 29 heavy (non-hydrogen) atoms. The van der Waals surface area contributed by atoms with Crippen LogP contribution in [0.1, 0.15) is 31.4 Å². The summed E-state index contributed by atoms with van der Waals surface area (Å²) in [6.07, 6.45) is 7.43. The van der Waals surface area contributed by atoms with Crippen LogP contribution in [-0.2, 0) is 16.4 Å². The van der Waals surface area contributed by atoms with Gasteiger partial charge in [0.1, 0.15) is 5.82 Å². The number of aromatic nitrogens is 1. The normalized spacial score (nSPS) is 22.6. The van der Waals surface area contributed by atoms with Crippen LogP contribution >= 0.6 is 0 Å². The highest BCUT2D eigenvalue weighted by atomic mass is 32.2. The summed E-state index contributed by atoms with van der Waals surface area (Å²) < 4.78 is 41.4. The molecule has 1 saturated heterocycles. The Hall–Kier alpha value is -1.83. The molecular weight excluding hydrogens is 389 g/mol. The van der Waals surface area contributed by atoms with Gasteiger partial charge in [-0.25, -0.2) is 12.8 Å². The van der Waals surface area contributed by atoms with Gasteiger partial charge in [-0.3, -0.25) is 9.88 Å². The van der Waals surface area contributed by atoms with E-state index in [0.29, 0.717) is 19.1 Å². The second-order valence-electron chi connectivity index (χ2n) is 8.14. The maximum atomic E-state index is 13.3. The van der Waals surface area contributed by atoms with E-state index >= 15 is 0 Å². The third-order valence-electron chi connectivity index (χ3n) is 6.11. The topological polar surface area (TPSA) is 53.5 Å². The first-order valence-electron chi connectivity index (χ1n) is 10.4. The van der Waals surface area contributed by atoms with E-state index in [9.17, 15) is 12.8 Å². The molecule has 1 saturated carbocycles. The van der Waals surface area contributed by atoms with Gasteiger partial charge in [-0.05, 0) is 61.6 Å². The van der Waals surface area contributed by atoms with Gasteiger partial charge in [0.2, 0.25) is 10.0 Å². The maximum absolute atomic E-state index is 13.3. The van der Waals surface area contributed by atoms with Crippen LogP contribution in [0.3, 0.4) is 0 Å². The van der Waals surface area contributed by atoms with Gasteiger partial charge in [0.25, 0.3) is 0 Å². The van der Waals surface area contributed by atoms with Crippen molar-refractivity contribution in [2.75, 3.05) is 26.2 Å². The molecular formula is C22H28FN3O2S. The first kappa shape index (κ1) is 20.4. The van der Waals surface area contributed by atoms with Crippen LogP contribution < -0.4 is 0 Å². The molecule has 156 valence electrons. The van der Waals surface area contributed by atoms with Crippen molar-refractivity contribution in [1.82, 2.24) is 14.2 Å². The molecule has 1 aromatic heterocycles. The molecule has 0 spiro atoms. The van der Waals surface area contributed by atoms with Gasteiger partial charge in [0, 0.05) is 44.1 Å². The third-order valence-corrected chi connectivity index (χ3v) is 7.99. The predicted octanol–water partition coefficient (Wildman–Crippen LogP) is 3.33. The van der Waals surface area contributed by atoms with Gasteiger partial charge >= 0.3 is 0 Å². The Kier molecular flexibility index (Phi) is 6.27. The van der Waals surface area contributed by atoms with Crippen molar-refractivity contribution >= 4 is 10.0 Å². The maximum Gasteiger partial charge on any atom is 0.243 e. The fraction of sp³-hybridized carbons (Fsp3) is 0.500. The van der Waals surface area contributed by atoms with Gasteiger partial charge in [0.05, 0.1) is 4.90 Å². The van der Waals surface area contributed by atoms with Crippen molar-refractivity contribution in [1.29, 1.82) is 0 Å². The summed E-state index contributed by atoms with van der Waals surface area (Å²) in [7, 11) is -3.65. The Balaban J connectivity index is 1.58. The van der Waals surface area contributed by atoms with Crippen LogP contribution in [0.15, 0.2) is 53.6 Å². The lowest BCUT2D eigenvalue weighted by Gasteiger charge is -2.29. The lowest BCUT2D eigenvalue weighted by molar-refractivity contribution is 0.187. The third kappa shape index (κ3) is 4.85. The van der Waals surface area contributed by atoms with Gasteiger partial charge in [-0.15, -0.1) is 0 Å². The van der Waals surface area contributed by atoms with E-state index in [1.807, 2.05) is 18.2 Å². The summed E-state index contributed by atoms with van der Waals surface area (Å²) in [4.78, 5) is 7.10. The fourth-order valence-corrected chi connectivity index (χ4v) is 6.13. The molecule has 0 bridgehead atoms. The SMILES string of the molecule is O=S(=O)(c1ccc(F)cc1)N1CCN(C2CCCC2)CC(Cc2ccccn2)C1. The number of hydrogen-bond donors (Lipinski definition) is 0. The monoisotopic (exact) mass is 417 g/mol. The van der Waals surface area contributed by atoms with Crippen molar-refractivity contribution in [3.8, 4) is 0 Å². The first-order valence-corrected chi connectivity index (χ1v) is 11.9. The minimum Gasteiger partial charge on any atom is -0.299 e. The molecule has 5 nitrogen and oxygen atoms in total. The molecule has 1 aromatic carbocycles. The van der Waals surface area contributed by atoms with E-state index in [-0.39, 0.29) is 10.8 Å². The van der Waals surface area contributed by atoms with E-state index in [1.54, 1.807) is 10.5 Å². The second-order valence-corrected chi connectivity index (χ2v) is 10.1. The molecule has 1 atom stereocenters. The van der Waals surface area contributed by atoms with Crippen LogP contribution in [-0.4, -0.2) is 54.8 Å². The predicted molar refractivity (Wildman–Crippen MR) is 110 cm³/mol. The van der Waals surface area contributed by atoms with Crippen molar-refractivity contribution in [3.63, 3.8) is 0 Å². The minimum atomic E-state index is -3.65. The molecule has 0 N–H and O–H groups in total. The zero-order chi connectivity index (χ0) is 20.3. The summed E-state index contributed by atoms with van der Waals surface area (Å²) in [5.74, 6) is -0.261. The average Bonchev–Trinajstić information content (AvgIpc) is 3.17. The smallest absolute Gasteiger partial charge is 0.243 e. The number of rotatable bonds is 5. The van der Waals surface area contributed by atoms with Crippen molar-refractivity contribution in [2.45, 2.75) is 43.0 Å². The molecule has 2 aromatic rings.